The molecule has 2 N–H and O–H groups in total. The van der Waals surface area contributed by atoms with Crippen molar-refractivity contribution in [2.24, 2.45) is 0 Å². The minimum Gasteiger partial charge on any atom is -0.744 e. The Balaban J connectivity index is 0.00000169. The fraction of sp³-hybridized carbons (Fsp3) is 0.143. The Morgan fingerprint density at radius 3 is 2.36 bits per heavy atom. The Morgan fingerprint density at radius 1 is 1.43 bits per heavy atom. The van der Waals surface area contributed by atoms with E-state index < -0.39 is 15.0 Å². The van der Waals surface area contributed by atoms with Gasteiger partial charge in [0.25, 0.3) is 0 Å². The molecule has 0 spiro atoms. The number of aryl methyl sites for hydroxylation is 1. The first-order valence-corrected chi connectivity index (χ1v) is 5.12. The standard InChI is InChI=1S/C7H8ClNO3S.Li/c1-4-2-5(8)7(9)6(3-4)13(10,11)12;/h2-3H,9H2,1H3,(H,10,11,12);/q;+1/p-1. The molecule has 0 atom stereocenters. The van der Waals surface area contributed by atoms with Crippen molar-refractivity contribution in [2.75, 3.05) is 5.73 Å². The van der Waals surface area contributed by atoms with Crippen LogP contribution in [-0.2, 0) is 10.1 Å². The molecule has 0 heterocycles. The van der Waals surface area contributed by atoms with Crippen LogP contribution in [0.15, 0.2) is 17.0 Å². The first-order chi connectivity index (χ1) is 5.82. The average Bonchev–Trinajstić information content (AvgIpc) is 1.94. The zero-order chi connectivity index (χ0) is 10.2. The van der Waals surface area contributed by atoms with E-state index in [0.717, 1.165) is 0 Å². The number of rotatable bonds is 1. The van der Waals surface area contributed by atoms with Crippen molar-refractivity contribution in [3.05, 3.63) is 22.7 Å². The van der Waals surface area contributed by atoms with E-state index in [1.165, 1.54) is 12.1 Å². The molecule has 0 aliphatic rings. The van der Waals surface area contributed by atoms with E-state index in [2.05, 4.69) is 0 Å². The number of nitrogens with two attached hydrogens (primary N) is 1. The second kappa shape index (κ2) is 4.56. The van der Waals surface area contributed by atoms with Gasteiger partial charge >= 0.3 is 18.9 Å². The predicted molar refractivity (Wildman–Crippen MR) is 48.6 cm³/mol. The van der Waals surface area contributed by atoms with E-state index in [-0.39, 0.29) is 29.6 Å². The van der Waals surface area contributed by atoms with Gasteiger partial charge in [-0.1, -0.05) is 11.6 Å². The van der Waals surface area contributed by atoms with Crippen LogP contribution in [-0.4, -0.2) is 13.0 Å². The van der Waals surface area contributed by atoms with Crippen molar-refractivity contribution in [1.82, 2.24) is 0 Å². The van der Waals surface area contributed by atoms with Crippen molar-refractivity contribution in [2.45, 2.75) is 11.8 Å². The number of nitrogen functional groups attached to an aromatic ring is 1. The fourth-order valence-electron chi connectivity index (χ4n) is 0.928. The summed E-state index contributed by atoms with van der Waals surface area (Å²) in [5.41, 5.74) is 5.71. The third-order valence-corrected chi connectivity index (χ3v) is 2.69. The molecular formula is C7H7ClLiNO3S. The molecular weight excluding hydrogens is 221 g/mol. The van der Waals surface area contributed by atoms with Crippen LogP contribution in [0.25, 0.3) is 0 Å². The molecule has 0 amide bonds. The molecule has 0 radical (unpaired) electrons. The van der Waals surface area contributed by atoms with Crippen LogP contribution in [0.1, 0.15) is 5.56 Å². The normalized spacial score (nSPS) is 10.8. The van der Waals surface area contributed by atoms with Crippen LogP contribution in [0.4, 0.5) is 5.69 Å². The van der Waals surface area contributed by atoms with Crippen molar-refractivity contribution in [1.29, 1.82) is 0 Å². The van der Waals surface area contributed by atoms with Gasteiger partial charge in [-0.3, -0.25) is 0 Å². The molecule has 14 heavy (non-hydrogen) atoms. The first kappa shape index (κ1) is 13.8. The molecule has 1 rings (SSSR count). The molecule has 1 aromatic rings. The van der Waals surface area contributed by atoms with E-state index in [1.54, 1.807) is 6.92 Å². The molecule has 0 bridgehead atoms. The molecule has 0 saturated heterocycles. The molecule has 0 aliphatic carbocycles. The Labute approximate surface area is 99.4 Å². The van der Waals surface area contributed by atoms with Crippen LogP contribution < -0.4 is 24.6 Å². The SMILES string of the molecule is Cc1cc(Cl)c(N)c(S(=O)(=O)[O-])c1.[Li+]. The maximum atomic E-state index is 10.7. The van der Waals surface area contributed by atoms with Gasteiger partial charge in [0.05, 0.1) is 15.6 Å². The zero-order valence-electron chi connectivity index (χ0n) is 7.74. The molecule has 72 valence electrons. The average molecular weight is 228 g/mol. The molecule has 1 aromatic carbocycles. The van der Waals surface area contributed by atoms with Gasteiger partial charge in [-0.25, -0.2) is 8.42 Å². The van der Waals surface area contributed by atoms with Gasteiger partial charge in [0, 0.05) is 0 Å². The van der Waals surface area contributed by atoms with Gasteiger partial charge in [0.15, 0.2) is 0 Å². The first-order valence-electron chi connectivity index (χ1n) is 3.34. The number of anilines is 1. The van der Waals surface area contributed by atoms with Crippen LogP contribution in [0.3, 0.4) is 0 Å². The smallest absolute Gasteiger partial charge is 0.744 e. The van der Waals surface area contributed by atoms with Crippen LogP contribution in [0.5, 0.6) is 0 Å². The van der Waals surface area contributed by atoms with Gasteiger partial charge < -0.3 is 10.3 Å². The summed E-state index contributed by atoms with van der Waals surface area (Å²) in [4.78, 5) is -0.461. The molecule has 4 nitrogen and oxygen atoms in total. The maximum absolute atomic E-state index is 10.7. The minimum atomic E-state index is -4.54. The van der Waals surface area contributed by atoms with Gasteiger partial charge in [0.1, 0.15) is 10.1 Å². The Morgan fingerprint density at radius 2 is 1.93 bits per heavy atom. The Kier molecular flexibility index (Phi) is 4.50. The zero-order valence-corrected chi connectivity index (χ0v) is 9.32. The number of hydrogen-bond acceptors (Lipinski definition) is 4. The van der Waals surface area contributed by atoms with E-state index in [9.17, 15) is 13.0 Å². The summed E-state index contributed by atoms with van der Waals surface area (Å²) in [5.74, 6) is 0. The van der Waals surface area contributed by atoms with Crippen LogP contribution >= 0.6 is 11.6 Å². The molecule has 0 aliphatic heterocycles. The largest absolute Gasteiger partial charge is 1.00 e. The third kappa shape index (κ3) is 2.91. The van der Waals surface area contributed by atoms with Gasteiger partial charge in [-0.2, -0.15) is 0 Å². The third-order valence-electron chi connectivity index (χ3n) is 1.51. The number of hydrogen-bond donors (Lipinski definition) is 1. The summed E-state index contributed by atoms with van der Waals surface area (Å²) >= 11 is 5.60. The van der Waals surface area contributed by atoms with E-state index in [0.29, 0.717) is 5.56 Å². The van der Waals surface area contributed by atoms with E-state index >= 15 is 0 Å². The van der Waals surface area contributed by atoms with Crippen molar-refractivity contribution >= 4 is 27.4 Å². The summed E-state index contributed by atoms with van der Waals surface area (Å²) in [5, 5.41) is 0.0782. The summed E-state index contributed by atoms with van der Waals surface area (Å²) in [6.07, 6.45) is 0. The fourth-order valence-corrected chi connectivity index (χ4v) is 1.97. The second-order valence-corrected chi connectivity index (χ2v) is 4.37. The summed E-state index contributed by atoms with van der Waals surface area (Å²) < 4.78 is 32.0. The number of halogens is 1. The molecule has 0 unspecified atom stereocenters. The van der Waals surface area contributed by atoms with Crippen molar-refractivity contribution in [3.8, 4) is 0 Å². The van der Waals surface area contributed by atoms with Gasteiger partial charge in [-0.05, 0) is 24.6 Å². The summed E-state index contributed by atoms with van der Waals surface area (Å²) in [6, 6.07) is 2.69. The summed E-state index contributed by atoms with van der Waals surface area (Å²) in [6.45, 7) is 1.62. The van der Waals surface area contributed by atoms with E-state index in [4.69, 9.17) is 17.3 Å². The second-order valence-electron chi connectivity index (χ2n) is 2.61. The van der Waals surface area contributed by atoms with Gasteiger partial charge in [0.2, 0.25) is 0 Å². The maximum Gasteiger partial charge on any atom is 1.00 e. The van der Waals surface area contributed by atoms with Gasteiger partial charge in [-0.15, -0.1) is 0 Å². The molecule has 0 fully saturated rings. The van der Waals surface area contributed by atoms with Crippen LogP contribution in [0, 0.1) is 6.92 Å². The molecule has 0 saturated carbocycles. The minimum absolute atomic E-state index is 0. The molecule has 0 aromatic heterocycles. The van der Waals surface area contributed by atoms with Crippen LogP contribution in [0.2, 0.25) is 5.02 Å². The monoisotopic (exact) mass is 227 g/mol. The Hall–Kier alpha value is -0.183. The predicted octanol–water partition coefficient (Wildman–Crippen LogP) is -1.86. The quantitative estimate of drug-likeness (QED) is 0.346. The molecule has 7 heteroatoms. The topological polar surface area (TPSA) is 83.2 Å². The Bertz CT molecular complexity index is 446. The van der Waals surface area contributed by atoms with Crippen molar-refractivity contribution < 1.29 is 31.8 Å². The van der Waals surface area contributed by atoms with E-state index in [1.807, 2.05) is 0 Å². The summed E-state index contributed by atoms with van der Waals surface area (Å²) in [7, 11) is -4.54. The number of benzene rings is 1. The van der Waals surface area contributed by atoms with Crippen molar-refractivity contribution in [3.63, 3.8) is 0 Å².